The molecule has 0 atom stereocenters. The molecule has 0 radical (unpaired) electrons. The lowest BCUT2D eigenvalue weighted by Crippen LogP contribution is -2.45. The first-order valence-electron chi connectivity index (χ1n) is 7.65. The molecule has 0 spiro atoms. The van der Waals surface area contributed by atoms with Gasteiger partial charge in [-0.1, -0.05) is 38.5 Å². The molecule has 0 bridgehead atoms. The first-order chi connectivity index (χ1) is 8.61. The maximum absolute atomic E-state index is 12.4. The van der Waals surface area contributed by atoms with E-state index in [1.165, 1.54) is 51.4 Å². The van der Waals surface area contributed by atoms with Gasteiger partial charge in [0.15, 0.2) is 0 Å². The highest BCUT2D eigenvalue weighted by Crippen LogP contribution is 2.31. The summed E-state index contributed by atoms with van der Waals surface area (Å²) in [5, 5.41) is 0. The van der Waals surface area contributed by atoms with Crippen molar-refractivity contribution in [1.29, 1.82) is 0 Å². The molecule has 1 amide bonds. The van der Waals surface area contributed by atoms with Crippen molar-refractivity contribution in [1.82, 2.24) is 4.90 Å². The van der Waals surface area contributed by atoms with Gasteiger partial charge >= 0.3 is 0 Å². The Labute approximate surface area is 111 Å². The van der Waals surface area contributed by atoms with E-state index in [0.29, 0.717) is 12.5 Å². The molecule has 0 unspecified atom stereocenters. The van der Waals surface area contributed by atoms with Crippen molar-refractivity contribution in [3.8, 4) is 0 Å². The summed E-state index contributed by atoms with van der Waals surface area (Å²) >= 11 is 0. The van der Waals surface area contributed by atoms with Crippen LogP contribution in [0, 0.1) is 0 Å². The van der Waals surface area contributed by atoms with Crippen molar-refractivity contribution in [2.24, 2.45) is 5.73 Å². The molecular weight excluding hydrogens is 224 g/mol. The van der Waals surface area contributed by atoms with Crippen LogP contribution >= 0.6 is 0 Å². The lowest BCUT2D eigenvalue weighted by atomic mass is 9.93. The quantitative estimate of drug-likeness (QED) is 0.785. The number of carbonyl (C=O) groups is 1. The van der Waals surface area contributed by atoms with Gasteiger partial charge < -0.3 is 10.6 Å². The van der Waals surface area contributed by atoms with E-state index in [1.807, 2.05) is 11.9 Å². The van der Waals surface area contributed by atoms with Crippen molar-refractivity contribution in [2.45, 2.75) is 82.2 Å². The fourth-order valence-electron chi connectivity index (χ4n) is 3.53. The summed E-state index contributed by atoms with van der Waals surface area (Å²) in [6.07, 6.45) is 12.6. The largest absolute Gasteiger partial charge is 0.343 e. The average Bonchev–Trinajstić information content (AvgIpc) is 2.63. The topological polar surface area (TPSA) is 46.3 Å². The second-order valence-electron chi connectivity index (χ2n) is 6.40. The lowest BCUT2D eigenvalue weighted by molar-refractivity contribution is -0.133. The monoisotopic (exact) mass is 252 g/mol. The van der Waals surface area contributed by atoms with Crippen LogP contribution in [0.2, 0.25) is 0 Å². The zero-order valence-electron chi connectivity index (χ0n) is 11.8. The number of nitrogens with two attached hydrogens (primary N) is 1. The first kappa shape index (κ1) is 13.9. The zero-order chi connectivity index (χ0) is 13.0. The minimum absolute atomic E-state index is 0.198. The third-order valence-corrected chi connectivity index (χ3v) is 4.87. The van der Waals surface area contributed by atoms with Crippen molar-refractivity contribution in [3.63, 3.8) is 0 Å². The Hall–Kier alpha value is -0.570. The van der Waals surface area contributed by atoms with Gasteiger partial charge in [0.1, 0.15) is 0 Å². The van der Waals surface area contributed by atoms with Crippen LogP contribution in [0.4, 0.5) is 0 Å². The molecule has 3 heteroatoms. The third-order valence-electron chi connectivity index (χ3n) is 4.87. The Morgan fingerprint density at radius 2 is 1.67 bits per heavy atom. The van der Waals surface area contributed by atoms with E-state index in [1.54, 1.807) is 0 Å². The molecule has 0 aliphatic heterocycles. The molecule has 3 nitrogen and oxygen atoms in total. The standard InChI is InChI=1S/C15H28N2O/c1-17(13-8-4-2-3-5-9-13)14(18)12-15(16)10-6-7-11-15/h13H,2-12,16H2,1H3. The lowest BCUT2D eigenvalue weighted by Gasteiger charge is -2.31. The van der Waals surface area contributed by atoms with Gasteiger partial charge in [-0.05, 0) is 25.7 Å². The summed E-state index contributed by atoms with van der Waals surface area (Å²) in [4.78, 5) is 14.4. The molecule has 0 saturated heterocycles. The Morgan fingerprint density at radius 1 is 1.11 bits per heavy atom. The molecule has 2 fully saturated rings. The van der Waals surface area contributed by atoms with Crippen LogP contribution in [-0.2, 0) is 4.79 Å². The smallest absolute Gasteiger partial charge is 0.224 e. The molecule has 2 rings (SSSR count). The van der Waals surface area contributed by atoms with Crippen molar-refractivity contribution < 1.29 is 4.79 Å². The maximum atomic E-state index is 12.4. The highest BCUT2D eigenvalue weighted by atomic mass is 16.2. The number of hydrogen-bond acceptors (Lipinski definition) is 2. The first-order valence-corrected chi connectivity index (χ1v) is 7.65. The zero-order valence-corrected chi connectivity index (χ0v) is 11.8. The highest BCUT2D eigenvalue weighted by Gasteiger charge is 2.33. The Kier molecular flexibility index (Phi) is 4.66. The highest BCUT2D eigenvalue weighted by molar-refractivity contribution is 5.77. The number of rotatable bonds is 3. The van der Waals surface area contributed by atoms with Crippen molar-refractivity contribution in [2.75, 3.05) is 7.05 Å². The van der Waals surface area contributed by atoms with Gasteiger partial charge in [0.2, 0.25) is 5.91 Å². The fraction of sp³-hybridized carbons (Fsp3) is 0.933. The molecular formula is C15H28N2O. The maximum Gasteiger partial charge on any atom is 0.224 e. The van der Waals surface area contributed by atoms with Gasteiger partial charge in [-0.3, -0.25) is 4.79 Å². The van der Waals surface area contributed by atoms with E-state index in [2.05, 4.69) is 0 Å². The molecule has 2 aliphatic rings. The van der Waals surface area contributed by atoms with Gasteiger partial charge in [0.25, 0.3) is 0 Å². The molecule has 0 aromatic heterocycles. The molecule has 0 heterocycles. The number of amides is 1. The van der Waals surface area contributed by atoms with E-state index in [-0.39, 0.29) is 11.4 Å². The number of carbonyl (C=O) groups excluding carboxylic acids is 1. The molecule has 2 saturated carbocycles. The number of hydrogen-bond donors (Lipinski definition) is 1. The van der Waals surface area contributed by atoms with Crippen LogP contribution in [0.5, 0.6) is 0 Å². The predicted molar refractivity (Wildman–Crippen MR) is 74.3 cm³/mol. The van der Waals surface area contributed by atoms with Crippen molar-refractivity contribution >= 4 is 5.91 Å². The van der Waals surface area contributed by atoms with Crippen LogP contribution in [0.15, 0.2) is 0 Å². The van der Waals surface area contributed by atoms with E-state index < -0.39 is 0 Å². The Bertz CT molecular complexity index is 276. The van der Waals surface area contributed by atoms with E-state index in [0.717, 1.165) is 12.8 Å². The van der Waals surface area contributed by atoms with E-state index in [9.17, 15) is 4.79 Å². The average molecular weight is 252 g/mol. The number of nitrogens with zero attached hydrogens (tertiary/aromatic N) is 1. The van der Waals surface area contributed by atoms with Gasteiger partial charge in [0.05, 0.1) is 0 Å². The SMILES string of the molecule is CN(C(=O)CC1(N)CCCC1)C1CCCCCC1. The summed E-state index contributed by atoms with van der Waals surface area (Å²) in [7, 11) is 1.98. The van der Waals surface area contributed by atoms with Gasteiger partial charge in [-0.15, -0.1) is 0 Å². The van der Waals surface area contributed by atoms with Crippen LogP contribution in [0.1, 0.15) is 70.6 Å². The molecule has 0 aromatic rings. The van der Waals surface area contributed by atoms with Gasteiger partial charge in [-0.25, -0.2) is 0 Å². The molecule has 18 heavy (non-hydrogen) atoms. The minimum atomic E-state index is -0.198. The third kappa shape index (κ3) is 3.47. The second kappa shape index (κ2) is 6.05. The normalized spacial score (nSPS) is 24.8. The summed E-state index contributed by atoms with van der Waals surface area (Å²) in [5.74, 6) is 0.270. The van der Waals surface area contributed by atoms with Crippen LogP contribution < -0.4 is 5.73 Å². The molecule has 2 aliphatic carbocycles. The summed E-state index contributed by atoms with van der Waals surface area (Å²) in [6, 6.07) is 0.463. The van der Waals surface area contributed by atoms with Crippen LogP contribution in [-0.4, -0.2) is 29.4 Å². The summed E-state index contributed by atoms with van der Waals surface area (Å²) in [6.45, 7) is 0. The van der Waals surface area contributed by atoms with Crippen molar-refractivity contribution in [3.05, 3.63) is 0 Å². The van der Waals surface area contributed by atoms with Crippen LogP contribution in [0.3, 0.4) is 0 Å². The molecule has 0 aromatic carbocycles. The molecule has 2 N–H and O–H groups in total. The Balaban J connectivity index is 1.87. The summed E-state index contributed by atoms with van der Waals surface area (Å²) < 4.78 is 0. The Morgan fingerprint density at radius 3 is 2.22 bits per heavy atom. The van der Waals surface area contributed by atoms with E-state index in [4.69, 9.17) is 5.73 Å². The summed E-state index contributed by atoms with van der Waals surface area (Å²) in [5.41, 5.74) is 6.11. The fourth-order valence-corrected chi connectivity index (χ4v) is 3.53. The predicted octanol–water partition coefficient (Wildman–Crippen LogP) is 2.83. The second-order valence-corrected chi connectivity index (χ2v) is 6.40. The minimum Gasteiger partial charge on any atom is -0.343 e. The molecule has 104 valence electrons. The van der Waals surface area contributed by atoms with Gasteiger partial charge in [0, 0.05) is 25.0 Å². The van der Waals surface area contributed by atoms with Crippen LogP contribution in [0.25, 0.3) is 0 Å². The van der Waals surface area contributed by atoms with Gasteiger partial charge in [-0.2, -0.15) is 0 Å². The van der Waals surface area contributed by atoms with E-state index >= 15 is 0 Å².